The molecule has 0 spiro atoms. The van der Waals surface area contributed by atoms with Gasteiger partial charge in [0.1, 0.15) is 0 Å². The van der Waals surface area contributed by atoms with Gasteiger partial charge in [0.25, 0.3) is 0 Å². The molecule has 0 fully saturated rings. The van der Waals surface area contributed by atoms with Gasteiger partial charge in [-0.1, -0.05) is 19.9 Å². The fraction of sp³-hybridized carbons (Fsp3) is 0.500. The second-order valence-electron chi connectivity index (χ2n) is 5.41. The summed E-state index contributed by atoms with van der Waals surface area (Å²) in [5, 5.41) is 9.19. The summed E-state index contributed by atoms with van der Waals surface area (Å²) in [4.78, 5) is 11.2. The minimum Gasteiger partial charge on any atom is -0.478 e. The molecule has 0 saturated carbocycles. The Bertz CT molecular complexity index is 606. The van der Waals surface area contributed by atoms with E-state index in [0.29, 0.717) is 12.0 Å². The van der Waals surface area contributed by atoms with Crippen LogP contribution in [0, 0.1) is 19.8 Å². The summed E-state index contributed by atoms with van der Waals surface area (Å²) in [7, 11) is -3.53. The van der Waals surface area contributed by atoms with Crippen LogP contribution in [0.5, 0.6) is 0 Å². The van der Waals surface area contributed by atoms with Gasteiger partial charge in [0.05, 0.1) is 17.0 Å². The largest absolute Gasteiger partial charge is 0.478 e. The quantitative estimate of drug-likeness (QED) is 0.846. The third-order valence-corrected chi connectivity index (χ3v) is 4.22. The van der Waals surface area contributed by atoms with Gasteiger partial charge >= 0.3 is 5.97 Å². The highest BCUT2D eigenvalue weighted by atomic mass is 32.2. The summed E-state index contributed by atoms with van der Waals surface area (Å²) in [6, 6.07) is 3.22. The number of aromatic carboxylic acids is 1. The van der Waals surface area contributed by atoms with E-state index in [1.807, 2.05) is 13.8 Å². The number of benzene rings is 1. The molecule has 0 saturated heterocycles. The maximum absolute atomic E-state index is 12.0. The Balaban J connectivity index is 3.11. The van der Waals surface area contributed by atoms with Crippen molar-refractivity contribution in [2.24, 2.45) is 5.92 Å². The lowest BCUT2D eigenvalue weighted by Crippen LogP contribution is -2.20. The van der Waals surface area contributed by atoms with Gasteiger partial charge in [-0.2, -0.15) is 0 Å². The van der Waals surface area contributed by atoms with Gasteiger partial charge < -0.3 is 5.11 Å². The number of hydrogen-bond acceptors (Lipinski definition) is 3. The predicted octanol–water partition coefficient (Wildman–Crippen LogP) is 2.79. The van der Waals surface area contributed by atoms with Crippen molar-refractivity contribution in [3.8, 4) is 0 Å². The second kappa shape index (κ2) is 6.26. The molecule has 0 heterocycles. The summed E-state index contributed by atoms with van der Waals surface area (Å²) >= 11 is 0. The van der Waals surface area contributed by atoms with Gasteiger partial charge in [-0.25, -0.2) is 13.2 Å². The van der Waals surface area contributed by atoms with E-state index in [1.54, 1.807) is 19.9 Å². The van der Waals surface area contributed by atoms with E-state index in [4.69, 9.17) is 0 Å². The number of hydrogen-bond donors (Lipinski definition) is 2. The molecule has 1 rings (SSSR count). The number of carboxylic acids is 1. The van der Waals surface area contributed by atoms with E-state index in [9.17, 15) is 18.3 Å². The van der Waals surface area contributed by atoms with Crippen molar-refractivity contribution in [2.75, 3.05) is 10.5 Å². The lowest BCUT2D eigenvalue weighted by molar-refractivity contribution is 0.0698. The first-order valence-corrected chi connectivity index (χ1v) is 8.12. The Kier molecular flexibility index (Phi) is 5.16. The minimum atomic E-state index is -3.53. The molecule has 0 atom stereocenters. The van der Waals surface area contributed by atoms with Crippen molar-refractivity contribution in [3.63, 3.8) is 0 Å². The van der Waals surface area contributed by atoms with E-state index in [1.165, 1.54) is 6.07 Å². The zero-order chi connectivity index (χ0) is 15.5. The van der Waals surface area contributed by atoms with Crippen molar-refractivity contribution in [2.45, 2.75) is 34.1 Å². The van der Waals surface area contributed by atoms with Gasteiger partial charge in [0.2, 0.25) is 10.0 Å². The Morgan fingerprint density at radius 1 is 1.30 bits per heavy atom. The zero-order valence-corrected chi connectivity index (χ0v) is 13.0. The monoisotopic (exact) mass is 299 g/mol. The van der Waals surface area contributed by atoms with Crippen LogP contribution in [0.3, 0.4) is 0 Å². The van der Waals surface area contributed by atoms with Gasteiger partial charge in [-0.3, -0.25) is 4.72 Å². The summed E-state index contributed by atoms with van der Waals surface area (Å²) in [6.45, 7) is 7.35. The Morgan fingerprint density at radius 3 is 2.40 bits per heavy atom. The van der Waals surface area contributed by atoms with Crippen LogP contribution in [-0.4, -0.2) is 25.2 Å². The molecule has 1 aromatic carbocycles. The SMILES string of the molecule is Cc1cc(C)c(NS(=O)(=O)CCC(C)C)c(C(=O)O)c1. The van der Waals surface area contributed by atoms with E-state index in [-0.39, 0.29) is 22.9 Å². The average molecular weight is 299 g/mol. The molecular weight excluding hydrogens is 278 g/mol. The zero-order valence-electron chi connectivity index (χ0n) is 12.2. The molecule has 0 aliphatic carbocycles. The van der Waals surface area contributed by atoms with E-state index >= 15 is 0 Å². The average Bonchev–Trinajstić information content (AvgIpc) is 2.29. The van der Waals surface area contributed by atoms with E-state index in [0.717, 1.165) is 5.56 Å². The van der Waals surface area contributed by atoms with E-state index in [2.05, 4.69) is 4.72 Å². The first kappa shape index (κ1) is 16.5. The maximum Gasteiger partial charge on any atom is 0.337 e. The molecule has 0 aromatic heterocycles. The number of aryl methyl sites for hydroxylation is 2. The van der Waals surface area contributed by atoms with Crippen LogP contribution in [0.15, 0.2) is 12.1 Å². The third-order valence-electron chi connectivity index (χ3n) is 2.93. The highest BCUT2D eigenvalue weighted by Crippen LogP contribution is 2.24. The van der Waals surface area contributed by atoms with Gasteiger partial charge in [0, 0.05) is 0 Å². The molecule has 0 radical (unpaired) electrons. The van der Waals surface area contributed by atoms with Crippen molar-refractivity contribution >= 4 is 21.7 Å². The highest BCUT2D eigenvalue weighted by Gasteiger charge is 2.19. The topological polar surface area (TPSA) is 83.5 Å². The fourth-order valence-corrected chi connectivity index (χ4v) is 3.33. The summed E-state index contributed by atoms with van der Waals surface area (Å²) in [6.07, 6.45) is 0.530. The Hall–Kier alpha value is -1.56. The Morgan fingerprint density at radius 2 is 1.90 bits per heavy atom. The normalized spacial score (nSPS) is 11.7. The number of sulfonamides is 1. The fourth-order valence-electron chi connectivity index (χ4n) is 1.87. The van der Waals surface area contributed by atoms with Crippen LogP contribution < -0.4 is 4.72 Å². The number of rotatable bonds is 6. The van der Waals surface area contributed by atoms with Gasteiger partial charge in [-0.15, -0.1) is 0 Å². The molecule has 0 unspecified atom stereocenters. The maximum atomic E-state index is 12.0. The van der Waals surface area contributed by atoms with Crippen molar-refractivity contribution in [1.82, 2.24) is 0 Å². The van der Waals surface area contributed by atoms with Crippen molar-refractivity contribution in [1.29, 1.82) is 0 Å². The van der Waals surface area contributed by atoms with Crippen LogP contribution in [0.2, 0.25) is 0 Å². The molecule has 5 nitrogen and oxygen atoms in total. The first-order valence-electron chi connectivity index (χ1n) is 6.47. The van der Waals surface area contributed by atoms with Crippen LogP contribution in [0.4, 0.5) is 5.69 Å². The van der Waals surface area contributed by atoms with Crippen molar-refractivity contribution in [3.05, 3.63) is 28.8 Å². The summed E-state index contributed by atoms with van der Waals surface area (Å²) in [5.41, 5.74) is 1.53. The van der Waals surface area contributed by atoms with Crippen molar-refractivity contribution < 1.29 is 18.3 Å². The molecule has 1 aromatic rings. The highest BCUT2D eigenvalue weighted by molar-refractivity contribution is 7.92. The van der Waals surface area contributed by atoms with Crippen LogP contribution in [-0.2, 0) is 10.0 Å². The smallest absolute Gasteiger partial charge is 0.337 e. The van der Waals surface area contributed by atoms with Crippen LogP contribution in [0.1, 0.15) is 41.8 Å². The molecule has 20 heavy (non-hydrogen) atoms. The molecular formula is C14H21NO4S. The van der Waals surface area contributed by atoms with Gasteiger partial charge in [0.15, 0.2) is 0 Å². The summed E-state index contributed by atoms with van der Waals surface area (Å²) < 4.78 is 26.4. The Labute approximate surface area is 120 Å². The molecule has 0 aliphatic rings. The number of nitrogens with one attached hydrogen (secondary N) is 1. The van der Waals surface area contributed by atoms with E-state index < -0.39 is 16.0 Å². The van der Waals surface area contributed by atoms with Crippen LogP contribution >= 0.6 is 0 Å². The second-order valence-corrected chi connectivity index (χ2v) is 7.25. The molecule has 0 bridgehead atoms. The minimum absolute atomic E-state index is 0.0168. The standard InChI is InChI=1S/C14H21NO4S/c1-9(2)5-6-20(18,19)15-13-11(4)7-10(3)8-12(13)14(16)17/h7-9,15H,5-6H2,1-4H3,(H,16,17). The first-order chi connectivity index (χ1) is 9.12. The number of anilines is 1. The lowest BCUT2D eigenvalue weighted by Gasteiger charge is -2.14. The molecule has 0 aliphatic heterocycles. The summed E-state index contributed by atoms with van der Waals surface area (Å²) in [5.74, 6) is -0.889. The number of carboxylic acid groups (broad SMARTS) is 1. The third kappa shape index (κ3) is 4.52. The number of carbonyl (C=O) groups is 1. The molecule has 6 heteroatoms. The molecule has 112 valence electrons. The molecule has 0 amide bonds. The van der Waals surface area contributed by atoms with Crippen LogP contribution in [0.25, 0.3) is 0 Å². The molecule has 2 N–H and O–H groups in total. The lowest BCUT2D eigenvalue weighted by atomic mass is 10.0. The predicted molar refractivity (Wildman–Crippen MR) is 79.7 cm³/mol. The van der Waals surface area contributed by atoms with Gasteiger partial charge in [-0.05, 0) is 43.4 Å².